The maximum absolute atomic E-state index is 12.5. The van der Waals surface area contributed by atoms with E-state index in [0.717, 1.165) is 32.6 Å². The number of benzene rings is 1. The summed E-state index contributed by atoms with van der Waals surface area (Å²) in [4.78, 5) is 21.0. The van der Waals surface area contributed by atoms with E-state index in [2.05, 4.69) is 41.1 Å². The second-order valence-electron chi connectivity index (χ2n) is 6.51. The van der Waals surface area contributed by atoms with Gasteiger partial charge in [-0.3, -0.25) is 14.7 Å². The van der Waals surface area contributed by atoms with Crippen LogP contribution in [0, 0.1) is 0 Å². The molecule has 2 aromatic rings. The van der Waals surface area contributed by atoms with Crippen LogP contribution in [0.5, 0.6) is 0 Å². The Kier molecular flexibility index (Phi) is 5.59. The van der Waals surface area contributed by atoms with Gasteiger partial charge in [0.05, 0.1) is 0 Å². The van der Waals surface area contributed by atoms with Crippen molar-refractivity contribution in [2.75, 3.05) is 19.6 Å². The van der Waals surface area contributed by atoms with Gasteiger partial charge in [0.25, 0.3) is 0 Å². The van der Waals surface area contributed by atoms with Gasteiger partial charge in [0.1, 0.15) is 0 Å². The van der Waals surface area contributed by atoms with Gasteiger partial charge in [-0.2, -0.15) is 0 Å². The summed E-state index contributed by atoms with van der Waals surface area (Å²) in [5.41, 5.74) is 2.51. The predicted molar refractivity (Wildman–Crippen MR) is 95.5 cm³/mol. The molecule has 1 aliphatic heterocycles. The van der Waals surface area contributed by atoms with E-state index in [0.29, 0.717) is 6.42 Å². The number of pyridine rings is 1. The maximum atomic E-state index is 12.5. The Labute approximate surface area is 144 Å². The van der Waals surface area contributed by atoms with Crippen molar-refractivity contribution < 1.29 is 4.79 Å². The second-order valence-corrected chi connectivity index (χ2v) is 6.51. The Balaban J connectivity index is 1.49. The Bertz CT molecular complexity index is 644. The van der Waals surface area contributed by atoms with E-state index >= 15 is 0 Å². The zero-order valence-electron chi connectivity index (χ0n) is 14.3. The van der Waals surface area contributed by atoms with Crippen LogP contribution in [0.3, 0.4) is 0 Å². The van der Waals surface area contributed by atoms with Crippen LogP contribution in [-0.4, -0.2) is 46.4 Å². The van der Waals surface area contributed by atoms with Crippen molar-refractivity contribution in [3.63, 3.8) is 0 Å². The highest BCUT2D eigenvalue weighted by Gasteiger charge is 2.26. The molecule has 1 aliphatic rings. The van der Waals surface area contributed by atoms with Gasteiger partial charge >= 0.3 is 0 Å². The monoisotopic (exact) mass is 323 g/mol. The Hall–Kier alpha value is -2.20. The maximum Gasteiger partial charge on any atom is 0.223 e. The predicted octanol–water partition coefficient (Wildman–Crippen LogP) is 2.75. The van der Waals surface area contributed by atoms with E-state index in [-0.39, 0.29) is 11.9 Å². The third kappa shape index (κ3) is 4.42. The molecule has 1 aromatic heterocycles. The van der Waals surface area contributed by atoms with Crippen molar-refractivity contribution in [1.29, 1.82) is 0 Å². The van der Waals surface area contributed by atoms with Crippen LogP contribution >= 0.6 is 0 Å². The summed E-state index contributed by atoms with van der Waals surface area (Å²) in [6, 6.07) is 14.8. The molecule has 126 valence electrons. The molecule has 1 atom stereocenters. The van der Waals surface area contributed by atoms with E-state index in [1.807, 2.05) is 23.1 Å². The van der Waals surface area contributed by atoms with Gasteiger partial charge in [-0.05, 0) is 36.6 Å². The molecule has 0 radical (unpaired) electrons. The molecule has 3 rings (SSSR count). The smallest absolute Gasteiger partial charge is 0.223 e. The van der Waals surface area contributed by atoms with E-state index < -0.39 is 0 Å². The number of nitrogens with zero attached hydrogens (tertiary/aromatic N) is 3. The van der Waals surface area contributed by atoms with Crippen molar-refractivity contribution in [2.24, 2.45) is 0 Å². The van der Waals surface area contributed by atoms with E-state index in [4.69, 9.17) is 0 Å². The lowest BCUT2D eigenvalue weighted by atomic mass is 10.1. The molecular weight excluding hydrogens is 298 g/mol. The van der Waals surface area contributed by atoms with Gasteiger partial charge in [0.2, 0.25) is 5.91 Å². The van der Waals surface area contributed by atoms with Gasteiger partial charge in [0.15, 0.2) is 0 Å². The molecule has 0 saturated carbocycles. The lowest BCUT2D eigenvalue weighted by molar-refractivity contribution is -0.135. The zero-order chi connectivity index (χ0) is 16.8. The number of hydrogen-bond donors (Lipinski definition) is 0. The lowest BCUT2D eigenvalue weighted by Gasteiger charge is -2.40. The fourth-order valence-corrected chi connectivity index (χ4v) is 3.33. The van der Waals surface area contributed by atoms with E-state index in [1.165, 1.54) is 11.1 Å². The van der Waals surface area contributed by atoms with Crippen molar-refractivity contribution in [2.45, 2.75) is 32.4 Å². The largest absolute Gasteiger partial charge is 0.337 e. The van der Waals surface area contributed by atoms with Crippen LogP contribution in [0.25, 0.3) is 0 Å². The molecule has 0 N–H and O–H groups in total. The van der Waals surface area contributed by atoms with Crippen molar-refractivity contribution in [3.8, 4) is 0 Å². The molecule has 1 fully saturated rings. The van der Waals surface area contributed by atoms with Crippen molar-refractivity contribution >= 4 is 5.91 Å². The minimum absolute atomic E-state index is 0.263. The summed E-state index contributed by atoms with van der Waals surface area (Å²) in [5.74, 6) is 0.263. The second kappa shape index (κ2) is 8.06. The van der Waals surface area contributed by atoms with Crippen molar-refractivity contribution in [3.05, 3.63) is 66.0 Å². The summed E-state index contributed by atoms with van der Waals surface area (Å²) in [7, 11) is 0. The first-order chi connectivity index (χ1) is 11.7. The van der Waals surface area contributed by atoms with E-state index in [1.54, 1.807) is 12.4 Å². The molecule has 1 unspecified atom stereocenters. The van der Waals surface area contributed by atoms with E-state index in [9.17, 15) is 4.79 Å². The van der Waals surface area contributed by atoms with Crippen LogP contribution in [-0.2, 0) is 17.8 Å². The number of rotatable bonds is 5. The fourth-order valence-electron chi connectivity index (χ4n) is 3.33. The van der Waals surface area contributed by atoms with Crippen LogP contribution in [0.15, 0.2) is 54.9 Å². The molecule has 0 aliphatic carbocycles. The molecule has 0 bridgehead atoms. The highest BCUT2D eigenvalue weighted by molar-refractivity contribution is 5.77. The first-order valence-electron chi connectivity index (χ1n) is 8.67. The lowest BCUT2D eigenvalue weighted by Crippen LogP contribution is -2.53. The topological polar surface area (TPSA) is 36.4 Å². The summed E-state index contributed by atoms with van der Waals surface area (Å²) in [5, 5.41) is 0. The first-order valence-corrected chi connectivity index (χ1v) is 8.67. The summed E-state index contributed by atoms with van der Waals surface area (Å²) in [6.07, 6.45) is 4.93. The Morgan fingerprint density at radius 1 is 1.08 bits per heavy atom. The number of carbonyl (C=O) groups excluding carboxylic acids is 1. The number of amides is 1. The normalized spacial score (nSPS) is 18.5. The average molecular weight is 323 g/mol. The molecule has 4 heteroatoms. The highest BCUT2D eigenvalue weighted by atomic mass is 16.2. The molecule has 0 spiro atoms. The van der Waals surface area contributed by atoms with Gasteiger partial charge in [-0.25, -0.2) is 0 Å². The molecule has 4 nitrogen and oxygen atoms in total. The zero-order valence-corrected chi connectivity index (χ0v) is 14.3. The first kappa shape index (κ1) is 16.7. The molecule has 1 amide bonds. The summed E-state index contributed by atoms with van der Waals surface area (Å²) in [6.45, 7) is 5.82. The number of aryl methyl sites for hydroxylation is 1. The molecule has 24 heavy (non-hydrogen) atoms. The van der Waals surface area contributed by atoms with Crippen LogP contribution in [0.4, 0.5) is 0 Å². The molecule has 2 heterocycles. The highest BCUT2D eigenvalue weighted by Crippen LogP contribution is 2.15. The van der Waals surface area contributed by atoms with Gasteiger partial charge in [-0.15, -0.1) is 0 Å². The van der Waals surface area contributed by atoms with Crippen LogP contribution < -0.4 is 0 Å². The van der Waals surface area contributed by atoms with Gasteiger partial charge in [0, 0.05) is 51.0 Å². The van der Waals surface area contributed by atoms with Crippen LogP contribution in [0.1, 0.15) is 24.5 Å². The standard InChI is InChI=1S/C20H25N3O/c1-17-15-22(16-19-5-3-2-4-6-19)13-14-23(17)20(24)8-7-18-9-11-21-12-10-18/h2-6,9-12,17H,7-8,13-16H2,1H3. The number of carbonyl (C=O) groups is 1. The third-order valence-corrected chi connectivity index (χ3v) is 4.66. The molecular formula is C20H25N3O. The quantitative estimate of drug-likeness (QED) is 0.849. The van der Waals surface area contributed by atoms with Gasteiger partial charge < -0.3 is 4.90 Å². The summed E-state index contributed by atoms with van der Waals surface area (Å²) < 4.78 is 0. The number of hydrogen-bond acceptors (Lipinski definition) is 3. The number of piperazine rings is 1. The number of aromatic nitrogens is 1. The Morgan fingerprint density at radius 2 is 1.83 bits per heavy atom. The van der Waals surface area contributed by atoms with Gasteiger partial charge in [-0.1, -0.05) is 30.3 Å². The molecule has 1 aromatic carbocycles. The third-order valence-electron chi connectivity index (χ3n) is 4.66. The summed E-state index contributed by atoms with van der Waals surface area (Å²) >= 11 is 0. The van der Waals surface area contributed by atoms with Crippen molar-refractivity contribution in [1.82, 2.24) is 14.8 Å². The van der Waals surface area contributed by atoms with Crippen LogP contribution in [0.2, 0.25) is 0 Å². The minimum Gasteiger partial charge on any atom is -0.337 e. The SMILES string of the molecule is CC1CN(Cc2ccccc2)CCN1C(=O)CCc1ccncc1. The average Bonchev–Trinajstić information content (AvgIpc) is 2.61. The fraction of sp³-hybridized carbons (Fsp3) is 0.400. The molecule has 1 saturated heterocycles. The Morgan fingerprint density at radius 3 is 2.54 bits per heavy atom. The minimum atomic E-state index is 0.263.